The first-order valence-corrected chi connectivity index (χ1v) is 6.76. The first kappa shape index (κ1) is 15.7. The summed E-state index contributed by atoms with van der Waals surface area (Å²) < 4.78 is 0. The summed E-state index contributed by atoms with van der Waals surface area (Å²) in [6, 6.07) is 0. The Morgan fingerprint density at radius 2 is 1.95 bits per heavy atom. The smallest absolute Gasteiger partial charge is 0.257 e. The van der Waals surface area contributed by atoms with Gasteiger partial charge in [0, 0.05) is 24.8 Å². The Bertz CT molecular complexity index is 452. The van der Waals surface area contributed by atoms with Crippen molar-refractivity contribution in [2.24, 2.45) is 0 Å². The van der Waals surface area contributed by atoms with Crippen molar-refractivity contribution in [1.29, 1.82) is 0 Å². The number of halogens is 1. The number of nitrogens with zero attached hydrogens (tertiary/aromatic N) is 3. The lowest BCUT2D eigenvalue weighted by molar-refractivity contribution is 0.0919. The summed E-state index contributed by atoms with van der Waals surface area (Å²) in [4.78, 5) is 22.3. The Hall–Kier alpha value is -1.36. The summed E-state index contributed by atoms with van der Waals surface area (Å²) in [5.74, 6) is 0.387. The zero-order chi connectivity index (χ0) is 14.6. The zero-order valence-electron chi connectivity index (χ0n) is 12.1. The molecular weight excluding hydrogens is 264 g/mol. The van der Waals surface area contributed by atoms with E-state index in [1.807, 2.05) is 39.5 Å². The molecule has 0 aliphatic carbocycles. The normalized spacial score (nSPS) is 11.3. The van der Waals surface area contributed by atoms with Crippen LogP contribution in [0.1, 0.15) is 45.0 Å². The number of hydrogen-bond acceptors (Lipinski definition) is 4. The molecule has 0 atom stereocenters. The molecule has 0 spiro atoms. The molecule has 0 unspecified atom stereocenters. The molecule has 19 heavy (non-hydrogen) atoms. The van der Waals surface area contributed by atoms with Crippen molar-refractivity contribution in [2.45, 2.75) is 40.2 Å². The van der Waals surface area contributed by atoms with Crippen LogP contribution in [0.3, 0.4) is 0 Å². The van der Waals surface area contributed by atoms with E-state index in [1.165, 1.54) is 6.20 Å². The van der Waals surface area contributed by atoms with Crippen LogP contribution >= 0.6 is 11.6 Å². The summed E-state index contributed by atoms with van der Waals surface area (Å²) in [5.41, 5.74) is 0.139. The predicted octanol–water partition coefficient (Wildman–Crippen LogP) is 2.50. The van der Waals surface area contributed by atoms with Gasteiger partial charge in [-0.1, -0.05) is 0 Å². The van der Waals surface area contributed by atoms with Crippen LogP contribution in [0.25, 0.3) is 0 Å². The fraction of sp³-hybridized carbons (Fsp3) is 0.615. The highest BCUT2D eigenvalue weighted by atomic mass is 35.5. The highest BCUT2D eigenvalue weighted by Gasteiger charge is 2.21. The second-order valence-corrected chi connectivity index (χ2v) is 5.59. The van der Waals surface area contributed by atoms with Gasteiger partial charge < -0.3 is 10.2 Å². The van der Waals surface area contributed by atoms with E-state index in [9.17, 15) is 4.79 Å². The first-order valence-electron chi connectivity index (χ1n) is 6.38. The molecule has 1 rings (SSSR count). The Balaban J connectivity index is 3.16. The van der Waals surface area contributed by atoms with Gasteiger partial charge in [0.05, 0.1) is 0 Å². The molecule has 1 N–H and O–H groups in total. The lowest BCUT2D eigenvalue weighted by Crippen LogP contribution is -2.41. The molecule has 0 aliphatic rings. The molecule has 5 nitrogen and oxygen atoms in total. The van der Waals surface area contributed by atoms with E-state index >= 15 is 0 Å². The van der Waals surface area contributed by atoms with Crippen LogP contribution in [-0.2, 0) is 0 Å². The molecule has 1 heterocycles. The fourth-order valence-electron chi connectivity index (χ4n) is 1.68. The second kappa shape index (κ2) is 6.19. The molecule has 0 aliphatic heterocycles. The van der Waals surface area contributed by atoms with Crippen LogP contribution in [0, 0.1) is 0 Å². The summed E-state index contributed by atoms with van der Waals surface area (Å²) in [6.45, 7) is 11.3. The summed E-state index contributed by atoms with van der Waals surface area (Å²) in [6.07, 6.45) is 1.48. The third-order valence-corrected chi connectivity index (χ3v) is 2.72. The van der Waals surface area contributed by atoms with Crippen molar-refractivity contribution >= 4 is 23.3 Å². The molecule has 0 saturated carbocycles. The average Bonchev–Trinajstić information content (AvgIpc) is 2.28. The van der Waals surface area contributed by atoms with Gasteiger partial charge in [0.2, 0.25) is 5.28 Å². The number of rotatable bonds is 4. The molecule has 0 fully saturated rings. The van der Waals surface area contributed by atoms with E-state index < -0.39 is 0 Å². The molecule has 0 saturated heterocycles. The molecule has 0 radical (unpaired) electrons. The Labute approximate surface area is 119 Å². The number of amides is 1. The van der Waals surface area contributed by atoms with E-state index in [0.29, 0.717) is 11.4 Å². The molecule has 106 valence electrons. The van der Waals surface area contributed by atoms with Crippen LogP contribution in [-0.4, -0.2) is 34.5 Å². The second-order valence-electron chi connectivity index (χ2n) is 5.25. The molecule has 1 aromatic rings. The molecule has 6 heteroatoms. The third kappa shape index (κ3) is 4.35. The van der Waals surface area contributed by atoms with Gasteiger partial charge in [-0.25, -0.2) is 4.98 Å². The van der Waals surface area contributed by atoms with Crippen molar-refractivity contribution in [3.8, 4) is 0 Å². The first-order chi connectivity index (χ1) is 8.78. The number of anilines is 1. The van der Waals surface area contributed by atoms with Crippen molar-refractivity contribution in [3.63, 3.8) is 0 Å². The van der Waals surface area contributed by atoms with Crippen molar-refractivity contribution in [1.82, 2.24) is 15.3 Å². The van der Waals surface area contributed by atoms with Crippen molar-refractivity contribution in [2.75, 3.05) is 18.0 Å². The highest BCUT2D eigenvalue weighted by molar-refractivity contribution is 6.28. The number of carbonyl (C=O) groups excluding carboxylic acids is 1. The SMILES string of the molecule is CCN(CC)c1nc(Cl)ncc1C(=O)NC(C)(C)C. The summed E-state index contributed by atoms with van der Waals surface area (Å²) >= 11 is 5.83. The average molecular weight is 285 g/mol. The Morgan fingerprint density at radius 3 is 2.42 bits per heavy atom. The highest BCUT2D eigenvalue weighted by Crippen LogP contribution is 2.19. The Morgan fingerprint density at radius 1 is 1.37 bits per heavy atom. The molecular formula is C13H21ClN4O. The monoisotopic (exact) mass is 284 g/mol. The van der Waals surface area contributed by atoms with E-state index in [4.69, 9.17) is 11.6 Å². The van der Waals surface area contributed by atoms with E-state index in [1.54, 1.807) is 0 Å². The van der Waals surface area contributed by atoms with Gasteiger partial charge in [-0.15, -0.1) is 0 Å². The van der Waals surface area contributed by atoms with Crippen LogP contribution in [0.4, 0.5) is 5.82 Å². The van der Waals surface area contributed by atoms with Crippen LogP contribution < -0.4 is 10.2 Å². The summed E-state index contributed by atoms with van der Waals surface area (Å²) in [5, 5.41) is 3.06. The van der Waals surface area contributed by atoms with Gasteiger partial charge in [0.15, 0.2) is 0 Å². The van der Waals surface area contributed by atoms with Crippen molar-refractivity contribution in [3.05, 3.63) is 17.0 Å². The van der Waals surface area contributed by atoms with Gasteiger partial charge in [-0.05, 0) is 46.2 Å². The van der Waals surface area contributed by atoms with E-state index in [-0.39, 0.29) is 16.7 Å². The maximum Gasteiger partial charge on any atom is 0.257 e. The molecule has 0 aromatic carbocycles. The standard InChI is InChI=1S/C13H21ClN4O/c1-6-18(7-2)10-9(8-15-12(14)16-10)11(19)17-13(3,4)5/h8H,6-7H2,1-5H3,(H,17,19). The third-order valence-electron chi connectivity index (χ3n) is 2.54. The zero-order valence-corrected chi connectivity index (χ0v) is 12.9. The van der Waals surface area contributed by atoms with Gasteiger partial charge in [0.1, 0.15) is 11.4 Å². The predicted molar refractivity (Wildman–Crippen MR) is 77.8 cm³/mol. The quantitative estimate of drug-likeness (QED) is 0.863. The van der Waals surface area contributed by atoms with Gasteiger partial charge in [-0.2, -0.15) is 4.98 Å². The van der Waals surface area contributed by atoms with Crippen LogP contribution in [0.5, 0.6) is 0 Å². The van der Waals surface area contributed by atoms with Crippen LogP contribution in [0.2, 0.25) is 5.28 Å². The van der Waals surface area contributed by atoms with E-state index in [2.05, 4.69) is 15.3 Å². The largest absolute Gasteiger partial charge is 0.356 e. The minimum Gasteiger partial charge on any atom is -0.356 e. The number of nitrogens with one attached hydrogen (secondary N) is 1. The summed E-state index contributed by atoms with van der Waals surface area (Å²) in [7, 11) is 0. The molecule has 1 aromatic heterocycles. The molecule has 1 amide bonds. The minimum absolute atomic E-state index is 0.147. The number of carbonyl (C=O) groups is 1. The number of hydrogen-bond donors (Lipinski definition) is 1. The lowest BCUT2D eigenvalue weighted by Gasteiger charge is -2.25. The van der Waals surface area contributed by atoms with Gasteiger partial charge in [0.25, 0.3) is 5.91 Å². The van der Waals surface area contributed by atoms with Gasteiger partial charge in [-0.3, -0.25) is 4.79 Å². The maximum absolute atomic E-state index is 12.3. The molecule has 0 bridgehead atoms. The lowest BCUT2D eigenvalue weighted by atomic mass is 10.1. The topological polar surface area (TPSA) is 58.1 Å². The maximum atomic E-state index is 12.3. The van der Waals surface area contributed by atoms with E-state index in [0.717, 1.165) is 13.1 Å². The van der Waals surface area contributed by atoms with Crippen molar-refractivity contribution < 1.29 is 4.79 Å². The van der Waals surface area contributed by atoms with Crippen LogP contribution in [0.15, 0.2) is 6.20 Å². The fourth-order valence-corrected chi connectivity index (χ4v) is 1.81. The van der Waals surface area contributed by atoms with Gasteiger partial charge >= 0.3 is 0 Å². The number of aromatic nitrogens is 2. The minimum atomic E-state index is -0.308. The Kier molecular flexibility index (Phi) is 5.11.